The van der Waals surface area contributed by atoms with E-state index in [0.29, 0.717) is 10.0 Å². The Kier molecular flexibility index (Phi) is 8.54. The molecule has 3 aromatic carbocycles. The predicted octanol–water partition coefficient (Wildman–Crippen LogP) is 7.37. The van der Waals surface area contributed by atoms with Gasteiger partial charge in [0.05, 0.1) is 22.8 Å². The van der Waals surface area contributed by atoms with E-state index in [1.165, 1.54) is 11.8 Å². The van der Waals surface area contributed by atoms with Crippen LogP contribution in [0.2, 0.25) is 15.1 Å². The minimum absolute atomic E-state index is 0.185. The first-order chi connectivity index (χ1) is 19.8. The molecule has 0 spiro atoms. The molecule has 3 heterocycles. The highest BCUT2D eigenvalue weighted by molar-refractivity contribution is 7.99. The molecule has 2 aliphatic rings. The van der Waals surface area contributed by atoms with Gasteiger partial charge in [-0.3, -0.25) is 0 Å². The number of thioether (sulfide) groups is 1. The van der Waals surface area contributed by atoms with Crippen molar-refractivity contribution in [2.24, 2.45) is 0 Å². The lowest BCUT2D eigenvalue weighted by Crippen LogP contribution is -2.59. The lowest BCUT2D eigenvalue weighted by molar-refractivity contribution is -0.308. The summed E-state index contributed by atoms with van der Waals surface area (Å²) < 4.78 is 55.0. The molecule has 4 aromatic rings. The molecule has 3 unspecified atom stereocenters. The number of fused-ring (bicyclic) bond motifs is 1. The van der Waals surface area contributed by atoms with E-state index in [0.717, 1.165) is 22.6 Å². The Labute approximate surface area is 253 Å². The van der Waals surface area contributed by atoms with E-state index < -0.39 is 52.7 Å². The molecule has 0 bridgehead atoms. The summed E-state index contributed by atoms with van der Waals surface area (Å²) in [6.45, 7) is 0.241. The fourth-order valence-electron chi connectivity index (χ4n) is 4.94. The predicted molar refractivity (Wildman–Crippen MR) is 151 cm³/mol. The number of nitrogens with zero attached hydrogens (tertiary/aromatic N) is 3. The zero-order valence-corrected chi connectivity index (χ0v) is 24.4. The van der Waals surface area contributed by atoms with Crippen molar-refractivity contribution in [1.82, 2.24) is 15.0 Å². The van der Waals surface area contributed by atoms with Crippen molar-refractivity contribution < 1.29 is 27.7 Å². The van der Waals surface area contributed by atoms with Gasteiger partial charge in [-0.25, -0.2) is 13.5 Å². The van der Waals surface area contributed by atoms with Crippen LogP contribution in [-0.4, -0.2) is 52.5 Å². The molecule has 0 saturated carbocycles. The number of hydrogen-bond acceptors (Lipinski definition) is 7. The molecule has 214 valence electrons. The Morgan fingerprint density at radius 3 is 2.44 bits per heavy atom. The molecule has 0 aliphatic carbocycles. The first-order valence-corrected chi connectivity index (χ1v) is 14.5. The normalized spacial score (nSPS) is 26.1. The highest BCUT2D eigenvalue weighted by atomic mass is 35.5. The third-order valence-electron chi connectivity index (χ3n) is 6.89. The van der Waals surface area contributed by atoms with Crippen LogP contribution in [0.3, 0.4) is 0 Å². The zero-order chi connectivity index (χ0) is 28.7. The molecule has 2 saturated heterocycles. The second-order valence-corrected chi connectivity index (χ2v) is 11.8. The SMILES string of the molecule is CO[C@H]1C(n2cc(-c3cc(F)c(Cl)c(F)c3)nn2)[C@H]2OC(c3ccccc3)OCC2O[C@@H]1Sc1ccc(Cl)c(Cl)c1. The molecule has 13 heteroatoms. The second kappa shape index (κ2) is 12.1. The first-order valence-electron chi connectivity index (χ1n) is 12.5. The lowest BCUT2D eigenvalue weighted by atomic mass is 9.95. The molecular weight excluding hydrogens is 619 g/mol. The smallest absolute Gasteiger partial charge is 0.184 e. The Hall–Kier alpha value is -2.28. The molecule has 2 fully saturated rings. The summed E-state index contributed by atoms with van der Waals surface area (Å²) >= 11 is 19.5. The van der Waals surface area contributed by atoms with Crippen molar-refractivity contribution in [3.05, 3.63) is 99.1 Å². The summed E-state index contributed by atoms with van der Waals surface area (Å²) in [6.07, 6.45) is -0.720. The maximum atomic E-state index is 14.2. The van der Waals surface area contributed by atoms with E-state index in [1.54, 1.807) is 30.1 Å². The van der Waals surface area contributed by atoms with Crippen molar-refractivity contribution in [3.63, 3.8) is 0 Å². The Morgan fingerprint density at radius 2 is 1.73 bits per heavy atom. The maximum Gasteiger partial charge on any atom is 0.184 e. The average molecular weight is 641 g/mol. The Morgan fingerprint density at radius 1 is 0.976 bits per heavy atom. The van der Waals surface area contributed by atoms with E-state index in [-0.39, 0.29) is 17.9 Å². The highest BCUT2D eigenvalue weighted by Crippen LogP contribution is 2.45. The number of aromatic nitrogens is 3. The number of halogens is 5. The first kappa shape index (κ1) is 28.8. The molecule has 0 radical (unpaired) electrons. The van der Waals surface area contributed by atoms with Gasteiger partial charge in [-0.1, -0.05) is 82.1 Å². The number of hydrogen-bond donors (Lipinski definition) is 0. The van der Waals surface area contributed by atoms with E-state index >= 15 is 0 Å². The van der Waals surface area contributed by atoms with Crippen LogP contribution in [-0.2, 0) is 18.9 Å². The van der Waals surface area contributed by atoms with Crippen LogP contribution >= 0.6 is 46.6 Å². The van der Waals surface area contributed by atoms with Gasteiger partial charge in [-0.15, -0.1) is 5.10 Å². The van der Waals surface area contributed by atoms with Gasteiger partial charge in [0.2, 0.25) is 0 Å². The van der Waals surface area contributed by atoms with Crippen LogP contribution in [0.25, 0.3) is 11.3 Å². The number of ether oxygens (including phenoxy) is 4. The Bertz CT molecular complexity index is 1530. The van der Waals surface area contributed by atoms with E-state index in [9.17, 15) is 8.78 Å². The molecule has 6 atom stereocenters. The van der Waals surface area contributed by atoms with Crippen molar-refractivity contribution in [1.29, 1.82) is 0 Å². The monoisotopic (exact) mass is 639 g/mol. The summed E-state index contributed by atoms with van der Waals surface area (Å²) in [5.41, 5.74) is 0.738. The van der Waals surface area contributed by atoms with Gasteiger partial charge >= 0.3 is 0 Å². The van der Waals surface area contributed by atoms with Gasteiger partial charge in [0, 0.05) is 23.1 Å². The topological polar surface area (TPSA) is 67.6 Å². The van der Waals surface area contributed by atoms with Crippen LogP contribution < -0.4 is 0 Å². The van der Waals surface area contributed by atoms with Crippen molar-refractivity contribution in [3.8, 4) is 11.3 Å². The maximum absolute atomic E-state index is 14.2. The second-order valence-electron chi connectivity index (χ2n) is 9.44. The summed E-state index contributed by atoms with van der Waals surface area (Å²) in [7, 11) is 1.57. The summed E-state index contributed by atoms with van der Waals surface area (Å²) in [4.78, 5) is 0.815. The standard InChI is InChI=1S/C28H22Cl3F2N3O4S/c1-37-26-24(36-12-21(34-35-36)15-9-19(32)23(31)20(33)10-15)25-22(13-38-27(40-25)14-5-3-2-4-6-14)39-28(26)41-16-7-8-17(29)18(30)11-16/h2-12,22,24-28H,13H2,1H3/t22?,24?,25-,26-,27?,28+/m0/s1. The highest BCUT2D eigenvalue weighted by Gasteiger charge is 2.52. The average Bonchev–Trinajstić information content (AvgIpc) is 3.47. The van der Waals surface area contributed by atoms with Crippen molar-refractivity contribution in [2.75, 3.05) is 13.7 Å². The van der Waals surface area contributed by atoms with Gasteiger partial charge in [0.25, 0.3) is 0 Å². The van der Waals surface area contributed by atoms with E-state index in [4.69, 9.17) is 53.8 Å². The van der Waals surface area contributed by atoms with Crippen LogP contribution in [0.4, 0.5) is 8.78 Å². The molecule has 0 amide bonds. The quantitative estimate of drug-likeness (QED) is 0.204. The summed E-state index contributed by atoms with van der Waals surface area (Å²) in [5, 5.41) is 8.80. The van der Waals surface area contributed by atoms with Crippen LogP contribution in [0.5, 0.6) is 0 Å². The van der Waals surface area contributed by atoms with Crippen LogP contribution in [0.15, 0.2) is 71.8 Å². The summed E-state index contributed by atoms with van der Waals surface area (Å²) in [6, 6.07) is 16.5. The third kappa shape index (κ3) is 5.85. The third-order valence-corrected chi connectivity index (χ3v) is 9.13. The van der Waals surface area contributed by atoms with Crippen molar-refractivity contribution in [2.45, 2.75) is 41.0 Å². The fourth-order valence-corrected chi connectivity index (χ4v) is 6.61. The lowest BCUT2D eigenvalue weighted by Gasteiger charge is -2.48. The number of benzene rings is 3. The molecule has 2 aliphatic heterocycles. The molecule has 7 nitrogen and oxygen atoms in total. The fraction of sp³-hybridized carbons (Fsp3) is 0.286. The van der Waals surface area contributed by atoms with Gasteiger partial charge < -0.3 is 18.9 Å². The number of methoxy groups -OCH3 is 1. The Balaban J connectivity index is 1.37. The minimum Gasteiger partial charge on any atom is -0.375 e. The molecule has 41 heavy (non-hydrogen) atoms. The molecule has 0 N–H and O–H groups in total. The van der Waals surface area contributed by atoms with Gasteiger partial charge in [-0.2, -0.15) is 0 Å². The largest absolute Gasteiger partial charge is 0.375 e. The van der Waals surface area contributed by atoms with Crippen LogP contribution in [0.1, 0.15) is 17.9 Å². The van der Waals surface area contributed by atoms with Crippen molar-refractivity contribution >= 4 is 46.6 Å². The van der Waals surface area contributed by atoms with Crippen LogP contribution in [0, 0.1) is 11.6 Å². The zero-order valence-electron chi connectivity index (χ0n) is 21.3. The van der Waals surface area contributed by atoms with Gasteiger partial charge in [-0.05, 0) is 30.3 Å². The number of rotatable bonds is 6. The molecule has 1 aromatic heterocycles. The van der Waals surface area contributed by atoms with Gasteiger partial charge in [0.15, 0.2) is 6.29 Å². The van der Waals surface area contributed by atoms with Gasteiger partial charge in [0.1, 0.15) is 52.1 Å². The molecule has 6 rings (SSSR count). The van der Waals surface area contributed by atoms with E-state index in [1.807, 2.05) is 36.4 Å². The minimum atomic E-state index is -0.895. The van der Waals surface area contributed by atoms with E-state index in [2.05, 4.69) is 10.3 Å². The summed E-state index contributed by atoms with van der Waals surface area (Å²) in [5.74, 6) is -1.79. The molecular formula is C28H22Cl3F2N3O4S.